The third kappa shape index (κ3) is 5.31. The number of carbonyl (C=O) groups is 1. The number of ketones is 1. The molecule has 1 saturated heterocycles. The van der Waals surface area contributed by atoms with Crippen LogP contribution < -0.4 is 10.0 Å². The van der Waals surface area contributed by atoms with Crippen LogP contribution in [0.25, 0.3) is 0 Å². The van der Waals surface area contributed by atoms with Crippen molar-refractivity contribution in [1.29, 1.82) is 0 Å². The normalized spacial score (nSPS) is 17.8. The van der Waals surface area contributed by atoms with Crippen molar-refractivity contribution >= 4 is 57.3 Å². The van der Waals surface area contributed by atoms with Crippen molar-refractivity contribution in [2.75, 3.05) is 24.5 Å². The van der Waals surface area contributed by atoms with Crippen LogP contribution >= 0.6 is 30.5 Å². The Balaban J connectivity index is 2.02. The zero-order valence-electron chi connectivity index (χ0n) is 16.6. The fraction of sp³-hybridized carbons (Fsp3) is 0.316. The standard InChI is InChI=1S/C19H18Cl2F3N2O4PS/c1-31(28,26-8-6-13(27)7-9-26)18-5-2-12(20)10-17(18)25-32(29,30)14-3-4-16(21)15(11-14)19(22,23)24/h2-5,10-11,25H,6-9H2,1H3. The maximum Gasteiger partial charge on any atom is 0.417 e. The van der Waals surface area contributed by atoms with Crippen LogP contribution in [0.2, 0.25) is 10.0 Å². The van der Waals surface area contributed by atoms with Gasteiger partial charge in [-0.25, -0.2) is 13.1 Å². The highest BCUT2D eigenvalue weighted by molar-refractivity contribution is 7.92. The van der Waals surface area contributed by atoms with Crippen molar-refractivity contribution in [1.82, 2.24) is 4.67 Å². The molecule has 174 valence electrons. The Kier molecular flexibility index (Phi) is 7.04. The Morgan fingerprint density at radius 3 is 2.28 bits per heavy atom. The zero-order valence-corrected chi connectivity index (χ0v) is 19.8. The second-order valence-corrected chi connectivity index (χ2v) is 12.6. The van der Waals surface area contributed by atoms with Crippen LogP contribution in [-0.2, 0) is 25.6 Å². The number of rotatable bonds is 5. The molecule has 0 bridgehead atoms. The first-order valence-electron chi connectivity index (χ1n) is 9.26. The molecular weight excluding hydrogens is 511 g/mol. The van der Waals surface area contributed by atoms with Crippen LogP contribution in [0.1, 0.15) is 18.4 Å². The fourth-order valence-electron chi connectivity index (χ4n) is 3.32. The Labute approximate surface area is 193 Å². The number of Topliss-reactive ketones (excluding diaryl/α,β-unsaturated/α-hetero) is 1. The molecule has 1 aliphatic heterocycles. The molecule has 6 nitrogen and oxygen atoms in total. The van der Waals surface area contributed by atoms with Gasteiger partial charge >= 0.3 is 6.18 Å². The van der Waals surface area contributed by atoms with Gasteiger partial charge < -0.3 is 4.57 Å². The van der Waals surface area contributed by atoms with E-state index in [1.54, 1.807) is 4.67 Å². The highest BCUT2D eigenvalue weighted by Crippen LogP contribution is 2.48. The summed E-state index contributed by atoms with van der Waals surface area (Å²) >= 11 is 11.6. The molecule has 2 aromatic carbocycles. The summed E-state index contributed by atoms with van der Waals surface area (Å²) in [5, 5.41) is -0.380. The lowest BCUT2D eigenvalue weighted by atomic mass is 10.1. The first-order valence-corrected chi connectivity index (χ1v) is 13.6. The van der Waals surface area contributed by atoms with Crippen molar-refractivity contribution in [2.24, 2.45) is 0 Å². The second kappa shape index (κ2) is 8.99. The van der Waals surface area contributed by atoms with Gasteiger partial charge in [0, 0.05) is 42.9 Å². The molecule has 1 atom stereocenters. The second-order valence-electron chi connectivity index (χ2n) is 7.28. The molecule has 1 aliphatic rings. The van der Waals surface area contributed by atoms with E-state index in [2.05, 4.69) is 4.72 Å². The van der Waals surface area contributed by atoms with Crippen molar-refractivity contribution < 1.29 is 30.9 Å². The average Bonchev–Trinajstić information content (AvgIpc) is 2.67. The van der Waals surface area contributed by atoms with Gasteiger partial charge in [-0.2, -0.15) is 13.2 Å². The minimum Gasteiger partial charge on any atom is -0.302 e. The summed E-state index contributed by atoms with van der Waals surface area (Å²) in [5.41, 5.74) is -1.42. The van der Waals surface area contributed by atoms with Crippen molar-refractivity contribution in [3.8, 4) is 0 Å². The van der Waals surface area contributed by atoms with Crippen LogP contribution in [-0.4, -0.2) is 38.6 Å². The Bertz CT molecular complexity index is 1210. The molecule has 0 saturated carbocycles. The third-order valence-electron chi connectivity index (χ3n) is 5.04. The molecule has 1 N–H and O–H groups in total. The van der Waals surface area contributed by atoms with Crippen LogP contribution in [0.3, 0.4) is 0 Å². The molecule has 0 aliphatic carbocycles. The largest absolute Gasteiger partial charge is 0.417 e. The van der Waals surface area contributed by atoms with Gasteiger partial charge in [0.15, 0.2) is 7.29 Å². The van der Waals surface area contributed by atoms with Gasteiger partial charge in [-0.1, -0.05) is 23.2 Å². The number of nitrogens with zero attached hydrogens (tertiary/aromatic N) is 1. The maximum absolute atomic E-state index is 13.6. The zero-order chi connectivity index (χ0) is 23.9. The van der Waals surface area contributed by atoms with Crippen molar-refractivity contribution in [3.63, 3.8) is 0 Å². The number of hydrogen-bond acceptors (Lipinski definition) is 4. The van der Waals surface area contributed by atoms with Gasteiger partial charge in [0.2, 0.25) is 0 Å². The van der Waals surface area contributed by atoms with E-state index in [-0.39, 0.29) is 47.7 Å². The van der Waals surface area contributed by atoms with E-state index >= 15 is 0 Å². The number of sulfonamides is 1. The van der Waals surface area contributed by atoms with Gasteiger partial charge in [-0.15, -0.1) is 0 Å². The molecule has 1 unspecified atom stereocenters. The lowest BCUT2D eigenvalue weighted by Gasteiger charge is -2.33. The van der Waals surface area contributed by atoms with Crippen LogP contribution in [0.15, 0.2) is 41.3 Å². The Hall–Kier alpha value is -1.58. The number of anilines is 1. The molecule has 32 heavy (non-hydrogen) atoms. The summed E-state index contributed by atoms with van der Waals surface area (Å²) in [6.45, 7) is 1.93. The van der Waals surface area contributed by atoms with E-state index in [1.165, 1.54) is 24.9 Å². The molecule has 0 aromatic heterocycles. The van der Waals surface area contributed by atoms with Crippen LogP contribution in [0, 0.1) is 0 Å². The topological polar surface area (TPSA) is 83.6 Å². The van der Waals surface area contributed by atoms with E-state index in [4.69, 9.17) is 23.2 Å². The summed E-state index contributed by atoms with van der Waals surface area (Å²) in [6, 6.07) is 6.28. The third-order valence-corrected chi connectivity index (χ3v) is 9.73. The van der Waals surface area contributed by atoms with Crippen molar-refractivity contribution in [2.45, 2.75) is 23.9 Å². The maximum atomic E-state index is 13.6. The summed E-state index contributed by atoms with van der Waals surface area (Å²) in [5.74, 6) is 0.0430. The van der Waals surface area contributed by atoms with Gasteiger partial charge in [-0.3, -0.25) is 9.52 Å². The summed E-state index contributed by atoms with van der Waals surface area (Å²) < 4.78 is 82.7. The number of hydrogen-bond donors (Lipinski definition) is 1. The highest BCUT2D eigenvalue weighted by atomic mass is 35.5. The molecular formula is C19H18Cl2F3N2O4PS. The average molecular weight is 529 g/mol. The van der Waals surface area contributed by atoms with Crippen LogP contribution in [0.5, 0.6) is 0 Å². The predicted molar refractivity (Wildman–Crippen MR) is 118 cm³/mol. The van der Waals surface area contributed by atoms with Gasteiger partial charge in [-0.05, 0) is 36.4 Å². The minimum atomic E-state index is -4.85. The smallest absolute Gasteiger partial charge is 0.302 e. The van der Waals surface area contributed by atoms with E-state index in [0.29, 0.717) is 6.07 Å². The molecule has 13 heteroatoms. The highest BCUT2D eigenvalue weighted by Gasteiger charge is 2.36. The van der Waals surface area contributed by atoms with E-state index in [1.807, 2.05) is 0 Å². The SMILES string of the molecule is CP(=O)(c1ccc(Cl)cc1NS(=O)(=O)c1ccc(Cl)c(C(F)(F)F)c1)N1CCC(=O)CC1. The minimum absolute atomic E-state index is 0.0430. The molecule has 1 fully saturated rings. The molecule has 2 aromatic rings. The van der Waals surface area contributed by atoms with E-state index in [0.717, 1.165) is 12.1 Å². The Morgan fingerprint density at radius 1 is 1.06 bits per heavy atom. The first kappa shape index (κ1) is 25.1. The fourth-order valence-corrected chi connectivity index (χ4v) is 7.08. The number of nitrogens with one attached hydrogen (secondary N) is 1. The first-order chi connectivity index (χ1) is 14.7. The van der Waals surface area contributed by atoms with Gasteiger partial charge in [0.25, 0.3) is 10.0 Å². The number of alkyl halides is 3. The molecule has 0 radical (unpaired) electrons. The molecule has 0 spiro atoms. The van der Waals surface area contributed by atoms with Gasteiger partial charge in [0.1, 0.15) is 5.78 Å². The number of benzene rings is 2. The van der Waals surface area contributed by atoms with Crippen LogP contribution in [0.4, 0.5) is 18.9 Å². The number of carbonyl (C=O) groups excluding carboxylic acids is 1. The van der Waals surface area contributed by atoms with Gasteiger partial charge in [0.05, 0.1) is 21.2 Å². The quantitative estimate of drug-likeness (QED) is 0.551. The predicted octanol–water partition coefficient (Wildman–Crippen LogP) is 5.01. The van der Waals surface area contributed by atoms with E-state index < -0.39 is 39.0 Å². The van der Waals surface area contributed by atoms with Crippen molar-refractivity contribution in [3.05, 3.63) is 52.0 Å². The summed E-state index contributed by atoms with van der Waals surface area (Å²) in [6.07, 6.45) is -4.41. The number of piperidine rings is 1. The van der Waals surface area contributed by atoms with E-state index in [9.17, 15) is 30.9 Å². The Morgan fingerprint density at radius 2 is 1.69 bits per heavy atom. The monoisotopic (exact) mass is 528 g/mol. The summed E-state index contributed by atoms with van der Waals surface area (Å²) in [4.78, 5) is 10.9. The molecule has 1 heterocycles. The lowest BCUT2D eigenvalue weighted by molar-refractivity contribution is -0.137. The molecule has 3 rings (SSSR count). The summed E-state index contributed by atoms with van der Waals surface area (Å²) in [7, 11) is -7.84. The lowest BCUT2D eigenvalue weighted by Crippen LogP contribution is -2.35. The number of halogens is 5. The molecule has 0 amide bonds.